The first-order valence-electron chi connectivity index (χ1n) is 2.28. The van der Waals surface area contributed by atoms with E-state index in [0.717, 1.165) is 0 Å². The van der Waals surface area contributed by atoms with Crippen LogP contribution in [0.15, 0.2) is 0 Å². The fourth-order valence-corrected chi connectivity index (χ4v) is 1.10. The predicted octanol–water partition coefficient (Wildman–Crippen LogP) is -3.23. The van der Waals surface area contributed by atoms with E-state index in [1.165, 1.54) is 0 Å². The Morgan fingerprint density at radius 2 is 1.75 bits per heavy atom. The second-order valence-corrected chi connectivity index (χ2v) is 4.71. The molecule has 0 aliphatic rings. The van der Waals surface area contributed by atoms with Crippen molar-refractivity contribution >= 4 is 7.92 Å². The summed E-state index contributed by atoms with van der Waals surface area (Å²) in [6.45, 7) is 4.09. The van der Waals surface area contributed by atoms with E-state index >= 15 is 0 Å². The van der Waals surface area contributed by atoms with Gasteiger partial charge >= 0.3 is 0 Å². The van der Waals surface area contributed by atoms with Gasteiger partial charge in [-0.2, -0.15) is 0 Å². The van der Waals surface area contributed by atoms with E-state index in [-0.39, 0.29) is 17.0 Å². The molecule has 4 heteroatoms. The number of hydrogen-bond donors (Lipinski definition) is 2. The molecule has 0 spiro atoms. The minimum absolute atomic E-state index is 0. The Kier molecular flexibility index (Phi) is 8.64. The van der Waals surface area contributed by atoms with Crippen molar-refractivity contribution in [2.75, 3.05) is 19.5 Å². The second-order valence-electron chi connectivity index (χ2n) is 1.89. The maximum Gasteiger partial charge on any atom is 0.185 e. The van der Waals surface area contributed by atoms with Crippen LogP contribution in [0.3, 0.4) is 0 Å². The zero-order chi connectivity index (χ0) is 5.86. The van der Waals surface area contributed by atoms with E-state index in [1.807, 2.05) is 13.3 Å². The summed E-state index contributed by atoms with van der Waals surface area (Å²) >= 11 is 0. The van der Waals surface area contributed by atoms with Crippen molar-refractivity contribution in [3.05, 3.63) is 0 Å². The van der Waals surface area contributed by atoms with Crippen molar-refractivity contribution in [2.45, 2.75) is 6.29 Å². The normalized spacial score (nSPS) is 9.75. The molecular formula is C4H12BrO2P. The summed E-state index contributed by atoms with van der Waals surface area (Å²) < 4.78 is 0. The van der Waals surface area contributed by atoms with Gasteiger partial charge in [-0.25, -0.2) is 0 Å². The van der Waals surface area contributed by atoms with Gasteiger partial charge in [-0.3, -0.25) is 0 Å². The maximum absolute atomic E-state index is 8.30. The highest BCUT2D eigenvalue weighted by atomic mass is 79.9. The van der Waals surface area contributed by atoms with E-state index in [0.29, 0.717) is 6.16 Å². The lowest BCUT2D eigenvalue weighted by Crippen LogP contribution is -3.00. The zero-order valence-electron chi connectivity index (χ0n) is 5.06. The minimum Gasteiger partial charge on any atom is -1.00 e. The van der Waals surface area contributed by atoms with Crippen LogP contribution >= 0.6 is 7.92 Å². The average molecular weight is 203 g/mol. The van der Waals surface area contributed by atoms with Crippen molar-refractivity contribution in [3.63, 3.8) is 0 Å². The van der Waals surface area contributed by atoms with Crippen molar-refractivity contribution in [2.24, 2.45) is 0 Å². The summed E-state index contributed by atoms with van der Waals surface area (Å²) in [7, 11) is -0.434. The second kappa shape index (κ2) is 5.96. The van der Waals surface area contributed by atoms with E-state index in [1.54, 1.807) is 0 Å². The van der Waals surface area contributed by atoms with E-state index < -0.39 is 14.2 Å². The largest absolute Gasteiger partial charge is 1.00 e. The molecule has 0 unspecified atom stereocenters. The lowest BCUT2D eigenvalue weighted by atomic mass is 10.8. The molecule has 0 rings (SSSR count). The molecule has 0 aliphatic carbocycles. The smallest absolute Gasteiger partial charge is 0.185 e. The van der Waals surface area contributed by atoms with E-state index in [4.69, 9.17) is 10.2 Å². The highest BCUT2D eigenvalue weighted by molar-refractivity contribution is 7.56. The third kappa shape index (κ3) is 9.95. The highest BCUT2D eigenvalue weighted by Crippen LogP contribution is 2.23. The molecule has 0 saturated carbocycles. The number of aliphatic hydroxyl groups is 2. The van der Waals surface area contributed by atoms with Crippen molar-refractivity contribution < 1.29 is 27.2 Å². The van der Waals surface area contributed by atoms with E-state index in [2.05, 4.69) is 0 Å². The lowest BCUT2D eigenvalue weighted by molar-refractivity contribution is -0.0194. The van der Waals surface area contributed by atoms with Crippen LogP contribution in [-0.4, -0.2) is 36.0 Å². The molecule has 0 aromatic heterocycles. The zero-order valence-corrected chi connectivity index (χ0v) is 7.64. The first-order chi connectivity index (χ1) is 3.13. The molecule has 0 fully saturated rings. The molecule has 0 amide bonds. The Bertz CT molecular complexity index is 43.3. The maximum atomic E-state index is 8.30. The monoisotopic (exact) mass is 202 g/mol. The summed E-state index contributed by atoms with van der Waals surface area (Å²) in [4.78, 5) is 0. The molecule has 0 heterocycles. The van der Waals surface area contributed by atoms with Crippen LogP contribution in [0.25, 0.3) is 0 Å². The minimum atomic E-state index is -1.08. The van der Waals surface area contributed by atoms with Gasteiger partial charge < -0.3 is 27.2 Å². The number of hydrogen-bond acceptors (Lipinski definition) is 2. The van der Waals surface area contributed by atoms with Gasteiger partial charge in [-0.15, -0.1) is 0 Å². The van der Waals surface area contributed by atoms with Crippen molar-refractivity contribution in [3.8, 4) is 0 Å². The van der Waals surface area contributed by atoms with Crippen LogP contribution in [0.1, 0.15) is 0 Å². The summed E-state index contributed by atoms with van der Waals surface area (Å²) in [5, 5.41) is 16.6. The predicted molar refractivity (Wildman–Crippen MR) is 33.3 cm³/mol. The standard InChI is InChI=1S/C4H11O2P.BrH/c1-7(2)3-4(5)6;/h4-6H,3H2,1-2H3;1H. The van der Waals surface area contributed by atoms with Crippen molar-refractivity contribution in [1.29, 1.82) is 0 Å². The molecule has 2 N–H and O–H groups in total. The molecular weight excluding hydrogens is 191 g/mol. The third-order valence-corrected chi connectivity index (χ3v) is 1.77. The van der Waals surface area contributed by atoms with Gasteiger partial charge in [0.05, 0.1) is 0 Å². The van der Waals surface area contributed by atoms with Gasteiger partial charge in [0, 0.05) is 13.3 Å². The van der Waals surface area contributed by atoms with Gasteiger partial charge in [0.1, 0.15) is 6.16 Å². The van der Waals surface area contributed by atoms with Crippen LogP contribution in [0.5, 0.6) is 0 Å². The van der Waals surface area contributed by atoms with Gasteiger partial charge in [0.2, 0.25) is 0 Å². The van der Waals surface area contributed by atoms with Crippen LogP contribution in [0.4, 0.5) is 0 Å². The average Bonchev–Trinajstić information content (AvgIpc) is 1.27. The number of halogens is 1. The van der Waals surface area contributed by atoms with Crippen LogP contribution in [0.2, 0.25) is 0 Å². The summed E-state index contributed by atoms with van der Waals surface area (Å²) in [5.74, 6) is 0. The number of aliphatic hydroxyl groups excluding tert-OH is 1. The Hall–Kier alpha value is 0.830. The van der Waals surface area contributed by atoms with Crippen LogP contribution < -0.4 is 17.0 Å². The fourth-order valence-electron chi connectivity index (χ4n) is 0.365. The molecule has 0 aromatic rings. The molecule has 0 aromatic carbocycles. The SMILES string of the molecule is C[PH+](C)CC(O)O.[Br-]. The summed E-state index contributed by atoms with van der Waals surface area (Å²) in [5.41, 5.74) is 0. The molecule has 2 nitrogen and oxygen atoms in total. The summed E-state index contributed by atoms with van der Waals surface area (Å²) in [6.07, 6.45) is -0.506. The fraction of sp³-hybridized carbons (Fsp3) is 1.00. The first-order valence-corrected chi connectivity index (χ1v) is 4.99. The Balaban J connectivity index is 0. The Morgan fingerprint density at radius 1 is 1.38 bits per heavy atom. The van der Waals surface area contributed by atoms with Crippen LogP contribution in [-0.2, 0) is 0 Å². The highest BCUT2D eigenvalue weighted by Gasteiger charge is 2.05. The molecule has 0 aliphatic heterocycles. The molecule has 52 valence electrons. The third-order valence-electron chi connectivity index (χ3n) is 0.591. The van der Waals surface area contributed by atoms with Crippen molar-refractivity contribution in [1.82, 2.24) is 0 Å². The van der Waals surface area contributed by atoms with Gasteiger partial charge in [-0.1, -0.05) is 0 Å². The van der Waals surface area contributed by atoms with Gasteiger partial charge in [-0.05, 0) is 7.92 Å². The number of rotatable bonds is 2. The Labute approximate surface area is 61.4 Å². The Morgan fingerprint density at radius 3 is 1.75 bits per heavy atom. The molecule has 0 saturated heterocycles. The van der Waals surface area contributed by atoms with Gasteiger partial charge in [0.25, 0.3) is 0 Å². The quantitative estimate of drug-likeness (QED) is 0.366. The summed E-state index contributed by atoms with van der Waals surface area (Å²) in [6, 6.07) is 0. The van der Waals surface area contributed by atoms with Crippen LogP contribution in [0, 0.1) is 0 Å². The van der Waals surface area contributed by atoms with Gasteiger partial charge in [0.15, 0.2) is 6.29 Å². The lowest BCUT2D eigenvalue weighted by Gasteiger charge is -1.98. The van der Waals surface area contributed by atoms with E-state index in [9.17, 15) is 0 Å². The first kappa shape index (κ1) is 11.6. The molecule has 0 atom stereocenters. The molecule has 0 radical (unpaired) electrons. The molecule has 8 heavy (non-hydrogen) atoms. The molecule has 0 bridgehead atoms. The topological polar surface area (TPSA) is 40.5 Å².